The molecule has 1 heterocycles. The number of amides is 5. The number of nitrogens with two attached hydrogens (primary N) is 1. The van der Waals surface area contributed by atoms with Crippen LogP contribution < -0.4 is 16.4 Å². The van der Waals surface area contributed by atoms with Crippen molar-refractivity contribution in [3.8, 4) is 0 Å². The number of hydrogen-bond acceptors (Lipinski definition) is 5. The van der Waals surface area contributed by atoms with Crippen molar-refractivity contribution in [2.75, 3.05) is 6.54 Å². The number of urea groups is 1. The highest BCUT2D eigenvalue weighted by Crippen LogP contribution is 2.39. The van der Waals surface area contributed by atoms with Crippen molar-refractivity contribution >= 4 is 69.6 Å². The molecule has 4 rings (SSSR count). The Morgan fingerprint density at radius 3 is 2.37 bits per heavy atom. The number of carbonyl (C=O) groups is 4. The first kappa shape index (κ1) is 35.4. The fourth-order valence-corrected chi connectivity index (χ4v) is 6.37. The molecule has 10 nitrogen and oxygen atoms in total. The zero-order chi connectivity index (χ0) is 33.8. The molecule has 2 aromatic carbocycles. The Labute approximate surface area is 283 Å². The Kier molecular flexibility index (Phi) is 11.5. The summed E-state index contributed by atoms with van der Waals surface area (Å²) in [4.78, 5) is 58.5. The Morgan fingerprint density at radius 1 is 1.04 bits per heavy atom. The maximum atomic E-state index is 14.4. The first-order chi connectivity index (χ1) is 21.8. The maximum Gasteiger partial charge on any atom is 0.408 e. The number of benzene rings is 2. The molecule has 1 aliphatic carbocycles. The Morgan fingerprint density at radius 2 is 1.74 bits per heavy atom. The van der Waals surface area contributed by atoms with Crippen LogP contribution in [0, 0.1) is 11.8 Å². The van der Waals surface area contributed by atoms with Crippen LogP contribution in [-0.4, -0.2) is 51.9 Å². The average molecular weight is 693 g/mol. The van der Waals surface area contributed by atoms with Crippen LogP contribution in [0.4, 0.5) is 9.59 Å². The van der Waals surface area contributed by atoms with Crippen LogP contribution in [0.5, 0.6) is 0 Å². The van der Waals surface area contributed by atoms with Gasteiger partial charge in [-0.2, -0.15) is 0 Å². The summed E-state index contributed by atoms with van der Waals surface area (Å²) in [7, 11) is 0. The number of imide groups is 1. The Hall–Kier alpha value is -3.47. The number of aromatic nitrogens is 1. The van der Waals surface area contributed by atoms with Crippen LogP contribution in [0.25, 0.3) is 10.9 Å². The molecule has 0 aliphatic heterocycles. The van der Waals surface area contributed by atoms with Gasteiger partial charge in [-0.3, -0.25) is 14.5 Å². The fraction of sp³-hybridized carbons (Fsp3) is 0.455. The number of carbonyl (C=O) groups excluding carboxylic acids is 4. The quantitative estimate of drug-likeness (QED) is 0.175. The third-order valence-electron chi connectivity index (χ3n) is 8.83. The van der Waals surface area contributed by atoms with Crippen LogP contribution in [0.2, 0.25) is 15.1 Å². The van der Waals surface area contributed by atoms with E-state index < -0.39 is 35.5 Å². The average Bonchev–Trinajstić information content (AvgIpc) is 3.38. The van der Waals surface area contributed by atoms with Gasteiger partial charge < -0.3 is 26.1 Å². The number of ether oxygens (including phenoxy) is 1. The normalized spacial score (nSPS) is 17.8. The molecule has 0 saturated heterocycles. The molecule has 0 radical (unpaired) electrons. The highest BCUT2D eigenvalue weighted by molar-refractivity contribution is 6.38. The summed E-state index contributed by atoms with van der Waals surface area (Å²) in [6.07, 6.45) is 1.03. The van der Waals surface area contributed by atoms with Crippen molar-refractivity contribution in [1.82, 2.24) is 20.5 Å². The monoisotopic (exact) mass is 691 g/mol. The molecule has 1 aliphatic rings. The minimum atomic E-state index is -1.56. The largest absolute Gasteiger partial charge is 0.445 e. The van der Waals surface area contributed by atoms with Gasteiger partial charge in [0, 0.05) is 34.1 Å². The number of nitrogens with one attached hydrogen (secondary N) is 3. The molecule has 0 saturated carbocycles. The van der Waals surface area contributed by atoms with E-state index in [2.05, 4.69) is 15.6 Å². The highest BCUT2D eigenvalue weighted by atomic mass is 35.5. The number of alkyl carbamates (subject to hydrolysis) is 1. The molecule has 248 valence electrons. The van der Waals surface area contributed by atoms with Crippen LogP contribution >= 0.6 is 34.8 Å². The number of nitrogens with zero attached hydrogens (tertiary/aromatic N) is 1. The van der Waals surface area contributed by atoms with Gasteiger partial charge in [0.15, 0.2) is 0 Å². The molecule has 1 unspecified atom stereocenters. The van der Waals surface area contributed by atoms with E-state index in [-0.39, 0.29) is 37.8 Å². The molecule has 1 aromatic heterocycles. The summed E-state index contributed by atoms with van der Waals surface area (Å²) in [6, 6.07) is 8.27. The third kappa shape index (κ3) is 7.90. The summed E-state index contributed by atoms with van der Waals surface area (Å²) in [6.45, 7) is 7.63. The summed E-state index contributed by atoms with van der Waals surface area (Å²) in [5.41, 5.74) is 7.19. The minimum absolute atomic E-state index is 0.0287. The summed E-state index contributed by atoms with van der Waals surface area (Å²) >= 11 is 18.8. The van der Waals surface area contributed by atoms with Crippen LogP contribution in [0.15, 0.2) is 36.4 Å². The van der Waals surface area contributed by atoms with Gasteiger partial charge in [0.2, 0.25) is 5.91 Å². The number of primary amides is 1. The van der Waals surface area contributed by atoms with Gasteiger partial charge in [-0.15, -0.1) is 0 Å². The van der Waals surface area contributed by atoms with Crippen LogP contribution in [0.1, 0.15) is 63.8 Å². The van der Waals surface area contributed by atoms with Gasteiger partial charge in [-0.05, 0) is 60.1 Å². The number of aromatic amines is 1. The summed E-state index contributed by atoms with van der Waals surface area (Å²) in [5, 5.41) is 7.78. The zero-order valence-corrected chi connectivity index (χ0v) is 28.6. The van der Waals surface area contributed by atoms with E-state index in [4.69, 9.17) is 45.3 Å². The van der Waals surface area contributed by atoms with Crippen molar-refractivity contribution < 1.29 is 23.9 Å². The van der Waals surface area contributed by atoms with Gasteiger partial charge >= 0.3 is 12.1 Å². The minimum Gasteiger partial charge on any atom is -0.445 e. The number of aryl methyl sites for hydroxylation is 1. The lowest BCUT2D eigenvalue weighted by atomic mass is 9.78. The lowest BCUT2D eigenvalue weighted by Gasteiger charge is -2.41. The molecule has 46 heavy (non-hydrogen) atoms. The van der Waals surface area contributed by atoms with Crippen molar-refractivity contribution in [2.45, 2.75) is 78.0 Å². The van der Waals surface area contributed by atoms with Gasteiger partial charge in [0.1, 0.15) is 18.2 Å². The lowest BCUT2D eigenvalue weighted by Crippen LogP contribution is -2.66. The number of halogens is 3. The van der Waals surface area contributed by atoms with E-state index >= 15 is 0 Å². The molecular weight excluding hydrogens is 653 g/mol. The van der Waals surface area contributed by atoms with E-state index in [0.717, 1.165) is 21.7 Å². The number of rotatable bonds is 11. The first-order valence-corrected chi connectivity index (χ1v) is 16.5. The topological polar surface area (TPSA) is 147 Å². The fourth-order valence-electron chi connectivity index (χ4n) is 5.70. The molecular formula is C33H40Cl3N5O5. The second kappa shape index (κ2) is 15.0. The van der Waals surface area contributed by atoms with Crippen molar-refractivity contribution in [3.63, 3.8) is 0 Å². The second-order valence-electron chi connectivity index (χ2n) is 12.1. The molecule has 13 heteroatoms. The molecule has 0 fully saturated rings. The first-order valence-electron chi connectivity index (χ1n) is 15.4. The van der Waals surface area contributed by atoms with Crippen LogP contribution in [0.3, 0.4) is 0 Å². The molecule has 5 N–H and O–H groups in total. The number of H-pyrrole nitrogens is 1. The second-order valence-corrected chi connectivity index (χ2v) is 13.4. The zero-order valence-electron chi connectivity index (χ0n) is 26.3. The summed E-state index contributed by atoms with van der Waals surface area (Å²) in [5.74, 6) is -1.56. The van der Waals surface area contributed by atoms with Crippen molar-refractivity contribution in [1.29, 1.82) is 0 Å². The van der Waals surface area contributed by atoms with E-state index in [9.17, 15) is 19.2 Å². The smallest absolute Gasteiger partial charge is 0.408 e. The molecule has 0 spiro atoms. The molecule has 4 atom stereocenters. The third-order valence-corrected chi connectivity index (χ3v) is 9.60. The van der Waals surface area contributed by atoms with E-state index in [1.54, 1.807) is 36.4 Å². The Balaban J connectivity index is 1.68. The van der Waals surface area contributed by atoms with Gasteiger partial charge in [0.25, 0.3) is 5.91 Å². The van der Waals surface area contributed by atoms with Gasteiger partial charge in [-0.25, -0.2) is 9.59 Å². The Bertz CT molecular complexity index is 1610. The predicted octanol–water partition coefficient (Wildman–Crippen LogP) is 6.77. The highest BCUT2D eigenvalue weighted by Gasteiger charge is 2.48. The van der Waals surface area contributed by atoms with E-state index in [1.165, 1.54) is 0 Å². The maximum absolute atomic E-state index is 14.4. The molecule has 3 aromatic rings. The predicted molar refractivity (Wildman–Crippen MR) is 180 cm³/mol. The van der Waals surface area contributed by atoms with E-state index in [0.29, 0.717) is 45.2 Å². The molecule has 0 bridgehead atoms. The number of hydrogen-bond donors (Lipinski definition) is 4. The summed E-state index contributed by atoms with van der Waals surface area (Å²) < 4.78 is 5.40. The lowest BCUT2D eigenvalue weighted by molar-refractivity contribution is -0.141. The van der Waals surface area contributed by atoms with Crippen molar-refractivity contribution in [3.05, 3.63) is 68.3 Å². The number of fused-ring (bicyclic) bond motifs is 3. The molecule has 5 amide bonds. The van der Waals surface area contributed by atoms with Crippen molar-refractivity contribution in [2.24, 2.45) is 17.6 Å². The van der Waals surface area contributed by atoms with Gasteiger partial charge in [-0.1, -0.05) is 87.5 Å². The SMILES string of the molecule is CCC(C)[C@H](NC(=O)OCc1ccc(Cl)cc1)C(=O)N[C@]1(C(=O)N(C[C@@H](C)CC)C(N)=O)CCc2[nH]c3c(Cl)cc(Cl)cc3c2C1. The van der Waals surface area contributed by atoms with E-state index in [1.807, 2.05) is 27.7 Å². The van der Waals surface area contributed by atoms with Crippen LogP contribution in [-0.2, 0) is 33.8 Å². The standard InChI is InChI=1S/C33H40Cl3N5O5/c1-5-18(3)16-41(31(37)44)30(43)33(12-11-26-24(15-33)23-13-22(35)14-25(36)28(23)38-26)40-29(42)27(19(4)6-2)39-32(45)46-17-20-7-9-21(34)10-8-20/h7-10,13-14,18-19,27,38H,5-6,11-12,15-17H2,1-4H3,(H2,37,44)(H,39,45)(H,40,42)/t18-,19?,27-,33+/m0/s1. The van der Waals surface area contributed by atoms with Gasteiger partial charge in [0.05, 0.1) is 10.5 Å².